The second kappa shape index (κ2) is 4.61. The number of rotatable bonds is 3. The van der Waals surface area contributed by atoms with E-state index in [0.717, 1.165) is 12.8 Å². The molecular weight excluding hydrogens is 209 g/mol. The molecule has 16 heavy (non-hydrogen) atoms. The standard InChI is InChI=1S/C12H14FNO2/c13-10-3-1-9(2-4-10)12(16)14-7-8-5-11(15)6-8/h1-4,8,11,15H,5-7H2,(H,14,16). The zero-order valence-electron chi connectivity index (χ0n) is 8.82. The molecule has 1 aliphatic rings. The first-order valence-electron chi connectivity index (χ1n) is 5.37. The summed E-state index contributed by atoms with van der Waals surface area (Å²) in [7, 11) is 0. The molecule has 1 aromatic carbocycles. The van der Waals surface area contributed by atoms with Gasteiger partial charge < -0.3 is 10.4 Å². The van der Waals surface area contributed by atoms with Gasteiger partial charge in [-0.05, 0) is 43.0 Å². The van der Waals surface area contributed by atoms with Crippen molar-refractivity contribution < 1.29 is 14.3 Å². The first-order chi connectivity index (χ1) is 7.65. The van der Waals surface area contributed by atoms with Crippen LogP contribution in [-0.4, -0.2) is 23.7 Å². The van der Waals surface area contributed by atoms with Crippen LogP contribution in [0.4, 0.5) is 4.39 Å². The highest BCUT2D eigenvalue weighted by molar-refractivity contribution is 5.94. The van der Waals surface area contributed by atoms with Crippen LogP contribution in [0, 0.1) is 11.7 Å². The smallest absolute Gasteiger partial charge is 0.251 e. The number of halogens is 1. The quantitative estimate of drug-likeness (QED) is 0.812. The molecule has 3 nitrogen and oxygen atoms in total. The maximum absolute atomic E-state index is 12.6. The molecule has 0 unspecified atom stereocenters. The summed E-state index contributed by atoms with van der Waals surface area (Å²) < 4.78 is 12.6. The van der Waals surface area contributed by atoms with Crippen molar-refractivity contribution in [2.24, 2.45) is 5.92 Å². The van der Waals surface area contributed by atoms with Gasteiger partial charge in [-0.2, -0.15) is 0 Å². The van der Waals surface area contributed by atoms with Crippen molar-refractivity contribution in [3.05, 3.63) is 35.6 Å². The monoisotopic (exact) mass is 223 g/mol. The molecule has 0 heterocycles. The lowest BCUT2D eigenvalue weighted by Crippen LogP contribution is -2.38. The number of aliphatic hydroxyl groups is 1. The molecule has 1 amide bonds. The second-order valence-corrected chi connectivity index (χ2v) is 4.21. The van der Waals surface area contributed by atoms with Crippen LogP contribution >= 0.6 is 0 Å². The van der Waals surface area contributed by atoms with Gasteiger partial charge in [-0.1, -0.05) is 0 Å². The molecule has 1 saturated carbocycles. The van der Waals surface area contributed by atoms with E-state index in [2.05, 4.69) is 5.32 Å². The van der Waals surface area contributed by atoms with Gasteiger partial charge >= 0.3 is 0 Å². The van der Waals surface area contributed by atoms with Crippen molar-refractivity contribution in [2.45, 2.75) is 18.9 Å². The summed E-state index contributed by atoms with van der Waals surface area (Å²) >= 11 is 0. The normalized spacial score (nSPS) is 23.6. The Morgan fingerprint density at radius 2 is 2.00 bits per heavy atom. The van der Waals surface area contributed by atoms with Gasteiger partial charge in [0, 0.05) is 12.1 Å². The number of aliphatic hydroxyl groups excluding tert-OH is 1. The maximum atomic E-state index is 12.6. The Labute approximate surface area is 93.3 Å². The Balaban J connectivity index is 1.81. The first kappa shape index (κ1) is 11.1. The van der Waals surface area contributed by atoms with Crippen LogP contribution in [0.25, 0.3) is 0 Å². The molecular formula is C12H14FNO2. The number of benzene rings is 1. The summed E-state index contributed by atoms with van der Waals surface area (Å²) in [6, 6.07) is 5.45. The number of hydrogen-bond donors (Lipinski definition) is 2. The molecule has 1 aliphatic carbocycles. The molecule has 1 aromatic rings. The lowest BCUT2D eigenvalue weighted by atomic mass is 9.82. The highest BCUT2D eigenvalue weighted by Gasteiger charge is 2.27. The molecule has 2 rings (SSSR count). The summed E-state index contributed by atoms with van der Waals surface area (Å²) in [6.45, 7) is 0.577. The van der Waals surface area contributed by atoms with Crippen LogP contribution < -0.4 is 5.32 Å². The molecule has 0 aromatic heterocycles. The Kier molecular flexibility index (Phi) is 3.19. The summed E-state index contributed by atoms with van der Waals surface area (Å²) in [6.07, 6.45) is 1.31. The topological polar surface area (TPSA) is 49.3 Å². The van der Waals surface area contributed by atoms with Gasteiger partial charge in [0.1, 0.15) is 5.82 Å². The van der Waals surface area contributed by atoms with Crippen LogP contribution in [0.3, 0.4) is 0 Å². The van der Waals surface area contributed by atoms with E-state index in [9.17, 15) is 9.18 Å². The summed E-state index contributed by atoms with van der Waals surface area (Å²) in [5.74, 6) is -0.167. The highest BCUT2D eigenvalue weighted by atomic mass is 19.1. The van der Waals surface area contributed by atoms with Crippen molar-refractivity contribution in [3.63, 3.8) is 0 Å². The minimum atomic E-state index is -0.348. The van der Waals surface area contributed by atoms with Gasteiger partial charge in [0.15, 0.2) is 0 Å². The van der Waals surface area contributed by atoms with E-state index in [1.807, 2.05) is 0 Å². The summed E-state index contributed by atoms with van der Waals surface area (Å²) in [5.41, 5.74) is 0.460. The predicted molar refractivity (Wildman–Crippen MR) is 57.5 cm³/mol. The third kappa shape index (κ3) is 2.58. The largest absolute Gasteiger partial charge is 0.393 e. The lowest BCUT2D eigenvalue weighted by Gasteiger charge is -2.31. The van der Waals surface area contributed by atoms with E-state index >= 15 is 0 Å². The van der Waals surface area contributed by atoms with Gasteiger partial charge in [0.05, 0.1) is 6.10 Å². The fourth-order valence-electron chi connectivity index (χ4n) is 1.81. The number of carbonyl (C=O) groups excluding carboxylic acids is 1. The Bertz CT molecular complexity index is 371. The van der Waals surface area contributed by atoms with Crippen molar-refractivity contribution in [3.8, 4) is 0 Å². The Hall–Kier alpha value is -1.42. The van der Waals surface area contributed by atoms with Crippen LogP contribution in [0.15, 0.2) is 24.3 Å². The molecule has 4 heteroatoms. The van der Waals surface area contributed by atoms with E-state index < -0.39 is 0 Å². The number of nitrogens with one attached hydrogen (secondary N) is 1. The Morgan fingerprint density at radius 3 is 2.56 bits per heavy atom. The van der Waals surface area contributed by atoms with E-state index in [1.165, 1.54) is 24.3 Å². The minimum Gasteiger partial charge on any atom is -0.393 e. The first-order valence-corrected chi connectivity index (χ1v) is 5.37. The summed E-state index contributed by atoms with van der Waals surface area (Å²) in [4.78, 5) is 11.6. The second-order valence-electron chi connectivity index (χ2n) is 4.21. The summed E-state index contributed by atoms with van der Waals surface area (Å²) in [5, 5.41) is 11.8. The van der Waals surface area contributed by atoms with Crippen LogP contribution in [-0.2, 0) is 0 Å². The third-order valence-corrected chi connectivity index (χ3v) is 2.87. The highest BCUT2D eigenvalue weighted by Crippen LogP contribution is 2.26. The minimum absolute atomic E-state index is 0.193. The molecule has 1 fully saturated rings. The zero-order valence-corrected chi connectivity index (χ0v) is 8.82. The van der Waals surface area contributed by atoms with Gasteiger partial charge in [-0.15, -0.1) is 0 Å². The predicted octanol–water partition coefficient (Wildman–Crippen LogP) is 1.33. The number of hydrogen-bond acceptors (Lipinski definition) is 2. The van der Waals surface area contributed by atoms with E-state index in [4.69, 9.17) is 5.11 Å². The van der Waals surface area contributed by atoms with Crippen molar-refractivity contribution >= 4 is 5.91 Å². The molecule has 2 N–H and O–H groups in total. The van der Waals surface area contributed by atoms with Crippen LogP contribution in [0.2, 0.25) is 0 Å². The van der Waals surface area contributed by atoms with E-state index in [0.29, 0.717) is 18.0 Å². The fourth-order valence-corrected chi connectivity index (χ4v) is 1.81. The van der Waals surface area contributed by atoms with E-state index in [1.54, 1.807) is 0 Å². The zero-order chi connectivity index (χ0) is 11.5. The fraction of sp³-hybridized carbons (Fsp3) is 0.417. The molecule has 0 atom stereocenters. The molecule has 0 bridgehead atoms. The van der Waals surface area contributed by atoms with Gasteiger partial charge in [-0.3, -0.25) is 4.79 Å². The number of carbonyl (C=O) groups is 1. The lowest BCUT2D eigenvalue weighted by molar-refractivity contribution is 0.0420. The average Bonchev–Trinajstić information content (AvgIpc) is 2.23. The molecule has 0 spiro atoms. The third-order valence-electron chi connectivity index (χ3n) is 2.87. The molecule has 0 saturated heterocycles. The Morgan fingerprint density at radius 1 is 1.38 bits per heavy atom. The maximum Gasteiger partial charge on any atom is 0.251 e. The molecule has 0 radical (unpaired) electrons. The van der Waals surface area contributed by atoms with E-state index in [-0.39, 0.29) is 17.8 Å². The van der Waals surface area contributed by atoms with Crippen LogP contribution in [0.5, 0.6) is 0 Å². The average molecular weight is 223 g/mol. The van der Waals surface area contributed by atoms with Gasteiger partial charge in [-0.25, -0.2) is 4.39 Å². The van der Waals surface area contributed by atoms with Crippen molar-refractivity contribution in [1.82, 2.24) is 5.32 Å². The SMILES string of the molecule is O=C(NCC1CC(O)C1)c1ccc(F)cc1. The van der Waals surface area contributed by atoms with Crippen LogP contribution in [0.1, 0.15) is 23.2 Å². The van der Waals surface area contributed by atoms with Crippen molar-refractivity contribution in [1.29, 1.82) is 0 Å². The van der Waals surface area contributed by atoms with Crippen molar-refractivity contribution in [2.75, 3.05) is 6.54 Å². The van der Waals surface area contributed by atoms with Gasteiger partial charge in [0.25, 0.3) is 5.91 Å². The number of amides is 1. The molecule has 86 valence electrons. The molecule has 0 aliphatic heterocycles. The van der Waals surface area contributed by atoms with Gasteiger partial charge in [0.2, 0.25) is 0 Å².